The zero-order valence-corrected chi connectivity index (χ0v) is 11.3. The van der Waals surface area contributed by atoms with E-state index < -0.39 is 14.3 Å². The van der Waals surface area contributed by atoms with Crippen LogP contribution < -0.4 is 0 Å². The third kappa shape index (κ3) is 3.22. The van der Waals surface area contributed by atoms with Gasteiger partial charge in [0.25, 0.3) is 0 Å². The molecule has 0 aliphatic rings. The maximum absolute atomic E-state index is 11.2. The molecular weight excluding hydrogens is 244 g/mol. The first-order valence-corrected chi connectivity index (χ1v) is 7.76. The maximum Gasteiger partial charge on any atom is 0.239 e. The van der Waals surface area contributed by atoms with Crippen molar-refractivity contribution in [1.29, 1.82) is 0 Å². The minimum atomic E-state index is -3.52. The molecule has 0 spiro atoms. The highest BCUT2D eigenvalue weighted by atomic mass is 35.7. The molecule has 4 heteroatoms. The summed E-state index contributed by atoms with van der Waals surface area (Å²) in [4.78, 5) is 0. The Morgan fingerprint density at radius 3 is 1.94 bits per heavy atom. The Morgan fingerprint density at radius 1 is 1.12 bits per heavy atom. The van der Waals surface area contributed by atoms with Crippen LogP contribution in [0.5, 0.6) is 0 Å². The molecule has 0 amide bonds. The van der Waals surface area contributed by atoms with Gasteiger partial charge in [0.05, 0.1) is 5.25 Å². The first kappa shape index (κ1) is 13.5. The maximum atomic E-state index is 11.2. The molecule has 2 unspecified atom stereocenters. The molecular formula is C12H17ClO2S. The first-order valence-electron chi connectivity index (χ1n) is 5.39. The SMILES string of the molecule is CCC(C)c1ccc(C(C)S(=O)(=O)Cl)cc1. The fraction of sp³-hybridized carbons (Fsp3) is 0.500. The summed E-state index contributed by atoms with van der Waals surface area (Å²) in [6.45, 7) is 5.88. The second-order valence-electron chi connectivity index (χ2n) is 4.09. The minimum Gasteiger partial charge on any atom is -0.212 e. The van der Waals surface area contributed by atoms with Crippen LogP contribution in [0.2, 0.25) is 0 Å². The van der Waals surface area contributed by atoms with Crippen LogP contribution in [0.3, 0.4) is 0 Å². The summed E-state index contributed by atoms with van der Waals surface area (Å²) in [6, 6.07) is 7.63. The average Bonchev–Trinajstić information content (AvgIpc) is 2.26. The molecule has 0 bridgehead atoms. The van der Waals surface area contributed by atoms with Crippen molar-refractivity contribution in [3.05, 3.63) is 35.4 Å². The Balaban J connectivity index is 2.96. The van der Waals surface area contributed by atoms with Crippen LogP contribution >= 0.6 is 10.7 Å². The summed E-state index contributed by atoms with van der Waals surface area (Å²) in [5, 5.41) is -0.653. The molecule has 0 aromatic heterocycles. The number of hydrogen-bond donors (Lipinski definition) is 0. The number of halogens is 1. The van der Waals surface area contributed by atoms with Gasteiger partial charge in [0.15, 0.2) is 0 Å². The van der Waals surface area contributed by atoms with Crippen LogP contribution in [0, 0.1) is 0 Å². The highest BCUT2D eigenvalue weighted by molar-refractivity contribution is 8.13. The minimum absolute atomic E-state index is 0.497. The molecule has 0 radical (unpaired) electrons. The van der Waals surface area contributed by atoms with Crippen molar-refractivity contribution in [2.24, 2.45) is 0 Å². The van der Waals surface area contributed by atoms with Gasteiger partial charge in [-0.05, 0) is 30.4 Å². The molecule has 2 atom stereocenters. The molecule has 0 aliphatic heterocycles. The first-order chi connectivity index (χ1) is 7.36. The lowest BCUT2D eigenvalue weighted by molar-refractivity contribution is 0.600. The summed E-state index contributed by atoms with van der Waals surface area (Å²) >= 11 is 0. The van der Waals surface area contributed by atoms with E-state index in [1.165, 1.54) is 5.56 Å². The monoisotopic (exact) mass is 260 g/mol. The largest absolute Gasteiger partial charge is 0.239 e. The van der Waals surface area contributed by atoms with Crippen LogP contribution in [0.15, 0.2) is 24.3 Å². The predicted octanol–water partition coefficient (Wildman–Crippen LogP) is 3.83. The van der Waals surface area contributed by atoms with Crippen molar-refractivity contribution in [2.75, 3.05) is 0 Å². The lowest BCUT2D eigenvalue weighted by atomic mass is 9.97. The van der Waals surface area contributed by atoms with E-state index in [0.717, 1.165) is 12.0 Å². The van der Waals surface area contributed by atoms with E-state index in [2.05, 4.69) is 13.8 Å². The van der Waals surface area contributed by atoms with Crippen LogP contribution in [-0.4, -0.2) is 8.42 Å². The van der Waals surface area contributed by atoms with E-state index in [1.807, 2.05) is 24.3 Å². The Labute approximate surface area is 102 Å². The van der Waals surface area contributed by atoms with Gasteiger partial charge < -0.3 is 0 Å². The van der Waals surface area contributed by atoms with Crippen molar-refractivity contribution in [3.63, 3.8) is 0 Å². The third-order valence-corrected chi connectivity index (χ3v) is 4.93. The zero-order chi connectivity index (χ0) is 12.3. The highest BCUT2D eigenvalue weighted by Crippen LogP contribution is 2.27. The van der Waals surface area contributed by atoms with E-state index in [-0.39, 0.29) is 0 Å². The molecule has 0 fully saturated rings. The van der Waals surface area contributed by atoms with Crippen molar-refractivity contribution >= 4 is 19.7 Å². The Kier molecular flexibility index (Phi) is 4.39. The van der Waals surface area contributed by atoms with Crippen LogP contribution in [0.4, 0.5) is 0 Å². The fourth-order valence-electron chi connectivity index (χ4n) is 1.49. The average molecular weight is 261 g/mol. The van der Waals surface area contributed by atoms with Gasteiger partial charge in [-0.15, -0.1) is 0 Å². The van der Waals surface area contributed by atoms with Gasteiger partial charge >= 0.3 is 0 Å². The van der Waals surface area contributed by atoms with Crippen molar-refractivity contribution in [1.82, 2.24) is 0 Å². The van der Waals surface area contributed by atoms with Crippen LogP contribution in [0.1, 0.15) is 49.5 Å². The second-order valence-corrected chi connectivity index (χ2v) is 7.04. The van der Waals surface area contributed by atoms with Gasteiger partial charge in [-0.1, -0.05) is 38.1 Å². The Morgan fingerprint density at radius 2 is 1.56 bits per heavy atom. The lowest BCUT2D eigenvalue weighted by Crippen LogP contribution is -2.03. The molecule has 1 aromatic carbocycles. The van der Waals surface area contributed by atoms with Gasteiger partial charge in [-0.2, -0.15) is 0 Å². The van der Waals surface area contributed by atoms with Gasteiger partial charge in [-0.3, -0.25) is 0 Å². The molecule has 1 rings (SSSR count). The molecule has 90 valence electrons. The third-order valence-electron chi connectivity index (χ3n) is 3.01. The van der Waals surface area contributed by atoms with E-state index in [9.17, 15) is 8.42 Å². The Hall–Kier alpha value is -0.540. The standard InChI is InChI=1S/C12H17ClO2S/c1-4-9(2)11-5-7-12(8-6-11)10(3)16(13,14)15/h5-10H,4H2,1-3H3. The summed E-state index contributed by atoms with van der Waals surface area (Å²) in [6.07, 6.45) is 1.07. The molecule has 0 saturated heterocycles. The van der Waals surface area contributed by atoms with Gasteiger partial charge in [0.1, 0.15) is 0 Å². The topological polar surface area (TPSA) is 34.1 Å². The number of benzene rings is 1. The molecule has 2 nitrogen and oxygen atoms in total. The second kappa shape index (κ2) is 5.19. The summed E-state index contributed by atoms with van der Waals surface area (Å²) in [5.74, 6) is 0.497. The molecule has 0 heterocycles. The van der Waals surface area contributed by atoms with Crippen molar-refractivity contribution in [2.45, 2.75) is 38.4 Å². The summed E-state index contributed by atoms with van der Waals surface area (Å²) in [5.41, 5.74) is 1.97. The van der Waals surface area contributed by atoms with Gasteiger partial charge in [0.2, 0.25) is 9.05 Å². The molecule has 0 aliphatic carbocycles. The van der Waals surface area contributed by atoms with E-state index in [4.69, 9.17) is 10.7 Å². The predicted molar refractivity (Wildman–Crippen MR) is 68.3 cm³/mol. The van der Waals surface area contributed by atoms with E-state index in [0.29, 0.717) is 5.92 Å². The summed E-state index contributed by atoms with van der Waals surface area (Å²) < 4.78 is 22.3. The summed E-state index contributed by atoms with van der Waals surface area (Å²) in [7, 11) is 1.80. The fourth-order valence-corrected chi connectivity index (χ4v) is 2.28. The molecule has 0 N–H and O–H groups in total. The molecule has 0 saturated carbocycles. The quantitative estimate of drug-likeness (QED) is 0.771. The normalized spacial score (nSPS) is 15.8. The van der Waals surface area contributed by atoms with E-state index in [1.54, 1.807) is 6.92 Å². The van der Waals surface area contributed by atoms with Crippen molar-refractivity contribution < 1.29 is 8.42 Å². The number of rotatable bonds is 4. The smallest absolute Gasteiger partial charge is 0.212 e. The number of hydrogen-bond acceptors (Lipinski definition) is 2. The highest BCUT2D eigenvalue weighted by Gasteiger charge is 2.19. The van der Waals surface area contributed by atoms with Crippen LogP contribution in [0.25, 0.3) is 0 Å². The molecule has 16 heavy (non-hydrogen) atoms. The van der Waals surface area contributed by atoms with Gasteiger partial charge in [-0.25, -0.2) is 8.42 Å². The zero-order valence-electron chi connectivity index (χ0n) is 9.77. The van der Waals surface area contributed by atoms with Crippen LogP contribution in [-0.2, 0) is 9.05 Å². The lowest BCUT2D eigenvalue weighted by Gasteiger charge is -2.12. The van der Waals surface area contributed by atoms with E-state index >= 15 is 0 Å². The Bertz CT molecular complexity index is 437. The molecule has 1 aromatic rings. The van der Waals surface area contributed by atoms with Gasteiger partial charge in [0, 0.05) is 10.7 Å². The van der Waals surface area contributed by atoms with Crippen molar-refractivity contribution in [3.8, 4) is 0 Å².